The summed E-state index contributed by atoms with van der Waals surface area (Å²) in [5, 5.41) is 14.4. The van der Waals surface area contributed by atoms with Crippen molar-refractivity contribution in [1.82, 2.24) is 9.78 Å². The van der Waals surface area contributed by atoms with Gasteiger partial charge in [0.1, 0.15) is 11.6 Å². The predicted octanol–water partition coefficient (Wildman–Crippen LogP) is 5.70. The topological polar surface area (TPSA) is 96.1 Å². The Morgan fingerprint density at radius 2 is 1.64 bits per heavy atom. The second kappa shape index (κ2) is 10.6. The zero-order chi connectivity index (χ0) is 29.7. The molecule has 3 aliphatic rings. The van der Waals surface area contributed by atoms with E-state index >= 15 is 0 Å². The van der Waals surface area contributed by atoms with Crippen LogP contribution in [0.2, 0.25) is 0 Å². The smallest absolute Gasteiger partial charge is 0.248 e. The number of nitrogens with zero attached hydrogens (tertiary/aromatic N) is 4. The van der Waals surface area contributed by atoms with Gasteiger partial charge < -0.3 is 4.90 Å². The van der Waals surface area contributed by atoms with Crippen molar-refractivity contribution in [3.63, 3.8) is 0 Å². The molecule has 0 radical (unpaired) electrons. The summed E-state index contributed by atoms with van der Waals surface area (Å²) in [6, 6.07) is 15.5. The van der Waals surface area contributed by atoms with E-state index in [2.05, 4.69) is 6.07 Å². The molecule has 1 aromatic heterocycles. The van der Waals surface area contributed by atoms with Crippen LogP contribution in [0, 0.1) is 28.5 Å². The quantitative estimate of drug-likeness (QED) is 0.348. The number of hydrogen-bond donors (Lipinski definition) is 0. The van der Waals surface area contributed by atoms with E-state index in [1.54, 1.807) is 23.0 Å². The standard InChI is InChI=1S/C31H31F3N4O3S/c32-22-3-7-24(8-4-22)38-19-27(21-1-5-23(6-2-21)37-13-15-42(40,41)16-14-37)29(36-38)25-9-10-31(33,34)17-26(25)28(39)18-30(20-35)11-12-30/h1-8,19,25-26H,9-18H2/t25-,26-/m0/s1. The third kappa shape index (κ3) is 5.82. The van der Waals surface area contributed by atoms with Crippen LogP contribution in [-0.4, -0.2) is 54.5 Å². The minimum Gasteiger partial charge on any atom is -0.369 e. The lowest BCUT2D eigenvalue weighted by Crippen LogP contribution is -2.40. The number of nitriles is 1. The van der Waals surface area contributed by atoms with Crippen molar-refractivity contribution in [2.24, 2.45) is 11.3 Å². The van der Waals surface area contributed by atoms with Crippen molar-refractivity contribution in [1.29, 1.82) is 5.26 Å². The highest BCUT2D eigenvalue weighted by molar-refractivity contribution is 7.91. The average molecular weight is 597 g/mol. The zero-order valence-corrected chi connectivity index (χ0v) is 23.8. The van der Waals surface area contributed by atoms with Gasteiger partial charge in [-0.05, 0) is 61.2 Å². The van der Waals surface area contributed by atoms with Crippen LogP contribution in [-0.2, 0) is 14.6 Å². The maximum absolute atomic E-state index is 14.7. The Kier molecular flexibility index (Phi) is 7.16. The Morgan fingerprint density at radius 3 is 2.26 bits per heavy atom. The van der Waals surface area contributed by atoms with Crippen LogP contribution in [0.4, 0.5) is 18.9 Å². The monoisotopic (exact) mass is 596 g/mol. The number of benzene rings is 2. The van der Waals surface area contributed by atoms with E-state index in [0.717, 1.165) is 11.3 Å². The molecular weight excluding hydrogens is 565 g/mol. The summed E-state index contributed by atoms with van der Waals surface area (Å²) in [5.74, 6) is -5.07. The Morgan fingerprint density at radius 1 is 1.00 bits per heavy atom. The largest absolute Gasteiger partial charge is 0.369 e. The van der Waals surface area contributed by atoms with Gasteiger partial charge in [0.15, 0.2) is 9.84 Å². The highest BCUT2D eigenvalue weighted by Crippen LogP contribution is 2.52. The van der Waals surface area contributed by atoms with Crippen molar-refractivity contribution in [2.75, 3.05) is 29.5 Å². The molecule has 0 bridgehead atoms. The van der Waals surface area contributed by atoms with Crippen LogP contribution in [0.1, 0.15) is 50.1 Å². The maximum atomic E-state index is 14.7. The van der Waals surface area contributed by atoms with Gasteiger partial charge in [-0.1, -0.05) is 12.1 Å². The number of halogens is 3. The minimum absolute atomic E-state index is 0.0327. The van der Waals surface area contributed by atoms with E-state index in [1.165, 1.54) is 12.1 Å². The van der Waals surface area contributed by atoms with E-state index in [1.807, 2.05) is 29.2 Å². The van der Waals surface area contributed by atoms with Gasteiger partial charge >= 0.3 is 0 Å². The molecular formula is C31H31F3N4O3S. The number of anilines is 1. The molecule has 3 aromatic rings. The molecule has 1 saturated heterocycles. The Hall–Kier alpha value is -3.65. The number of carbonyl (C=O) groups excluding carboxylic acids is 1. The van der Waals surface area contributed by atoms with Crippen LogP contribution in [0.25, 0.3) is 16.8 Å². The molecule has 2 aromatic carbocycles. The first-order chi connectivity index (χ1) is 20.0. The lowest BCUT2D eigenvalue weighted by Gasteiger charge is -2.35. The summed E-state index contributed by atoms with van der Waals surface area (Å²) in [6.07, 6.45) is 2.05. The van der Waals surface area contributed by atoms with Crippen molar-refractivity contribution in [3.8, 4) is 22.9 Å². The summed E-state index contributed by atoms with van der Waals surface area (Å²) in [7, 11) is -3.02. The molecule has 1 aliphatic heterocycles. The Labute approximate surface area is 242 Å². The molecule has 11 heteroatoms. The zero-order valence-electron chi connectivity index (χ0n) is 23.0. The van der Waals surface area contributed by atoms with Crippen molar-refractivity contribution < 1.29 is 26.4 Å². The van der Waals surface area contributed by atoms with Gasteiger partial charge in [-0.2, -0.15) is 10.4 Å². The van der Waals surface area contributed by atoms with E-state index in [-0.39, 0.29) is 36.6 Å². The molecule has 2 aliphatic carbocycles. The molecule has 2 saturated carbocycles. The molecule has 3 fully saturated rings. The van der Waals surface area contributed by atoms with Gasteiger partial charge in [0, 0.05) is 61.6 Å². The van der Waals surface area contributed by atoms with Crippen molar-refractivity contribution in [3.05, 3.63) is 66.2 Å². The van der Waals surface area contributed by atoms with Crippen LogP contribution >= 0.6 is 0 Å². The summed E-state index contributed by atoms with van der Waals surface area (Å²) < 4.78 is 68.4. The van der Waals surface area contributed by atoms with E-state index < -0.39 is 45.2 Å². The van der Waals surface area contributed by atoms with Gasteiger partial charge in [-0.15, -0.1) is 0 Å². The minimum atomic E-state index is -3.02. The van der Waals surface area contributed by atoms with Crippen molar-refractivity contribution >= 4 is 21.3 Å². The van der Waals surface area contributed by atoms with Crippen LogP contribution in [0.3, 0.4) is 0 Å². The fourth-order valence-corrected chi connectivity index (χ4v) is 7.38. The molecule has 220 valence electrons. The highest BCUT2D eigenvalue weighted by Gasteiger charge is 2.51. The molecule has 0 N–H and O–H groups in total. The molecule has 0 spiro atoms. The predicted molar refractivity (Wildman–Crippen MR) is 152 cm³/mol. The first kappa shape index (κ1) is 28.5. The van der Waals surface area contributed by atoms with Crippen LogP contribution < -0.4 is 4.90 Å². The van der Waals surface area contributed by atoms with Gasteiger partial charge in [-0.25, -0.2) is 26.3 Å². The third-order valence-corrected chi connectivity index (χ3v) is 10.5. The summed E-state index contributed by atoms with van der Waals surface area (Å²) in [4.78, 5) is 15.5. The number of Topliss-reactive ketones (excluding diaryl/α,β-unsaturated/α-hetero) is 1. The fourth-order valence-electron chi connectivity index (χ4n) is 6.18. The summed E-state index contributed by atoms with van der Waals surface area (Å²) in [6.45, 7) is 0.805. The molecule has 42 heavy (non-hydrogen) atoms. The second-order valence-corrected chi connectivity index (χ2v) is 14.2. The lowest BCUT2D eigenvalue weighted by molar-refractivity contribution is -0.132. The van der Waals surface area contributed by atoms with E-state index in [0.29, 0.717) is 42.9 Å². The Bertz CT molecular complexity index is 1630. The van der Waals surface area contributed by atoms with Gasteiger partial charge in [-0.3, -0.25) is 4.79 Å². The fraction of sp³-hybridized carbons (Fsp3) is 0.452. The molecule has 7 nitrogen and oxygen atoms in total. The third-order valence-electron chi connectivity index (χ3n) is 8.92. The Balaban J connectivity index is 1.37. The van der Waals surface area contributed by atoms with Crippen molar-refractivity contribution in [2.45, 2.75) is 50.4 Å². The van der Waals surface area contributed by atoms with Gasteiger partial charge in [0.25, 0.3) is 0 Å². The maximum Gasteiger partial charge on any atom is 0.248 e. The molecule has 2 heterocycles. The number of sulfone groups is 1. The highest BCUT2D eigenvalue weighted by atomic mass is 32.2. The number of rotatable bonds is 7. The number of ketones is 1. The van der Waals surface area contributed by atoms with Gasteiger partial charge in [0.2, 0.25) is 5.92 Å². The molecule has 2 atom stereocenters. The number of carbonyl (C=O) groups is 1. The van der Waals surface area contributed by atoms with Crippen LogP contribution in [0.15, 0.2) is 54.7 Å². The average Bonchev–Trinajstić information content (AvgIpc) is 3.60. The van der Waals surface area contributed by atoms with E-state index in [9.17, 15) is 31.6 Å². The van der Waals surface area contributed by atoms with Crippen LogP contribution in [0.5, 0.6) is 0 Å². The lowest BCUT2D eigenvalue weighted by atomic mass is 9.71. The second-order valence-electron chi connectivity index (χ2n) is 11.9. The SMILES string of the molecule is N#CC1(CC(=O)[C@H]2CC(F)(F)CC[C@@H]2c2nn(-c3ccc(F)cc3)cc2-c2ccc(N3CCS(=O)(=O)CC3)cc2)CC1. The molecule has 0 unspecified atom stereocenters. The molecule has 0 amide bonds. The molecule has 6 rings (SSSR count). The normalized spacial score (nSPS) is 24.1. The number of aromatic nitrogens is 2. The number of alkyl halides is 2. The summed E-state index contributed by atoms with van der Waals surface area (Å²) in [5.41, 5.74) is 2.69. The first-order valence-corrected chi connectivity index (χ1v) is 16.0. The number of hydrogen-bond acceptors (Lipinski definition) is 6. The first-order valence-electron chi connectivity index (χ1n) is 14.2. The van der Waals surface area contributed by atoms with Gasteiger partial charge in [0.05, 0.1) is 34.4 Å². The van der Waals surface area contributed by atoms with E-state index in [4.69, 9.17) is 5.10 Å². The summed E-state index contributed by atoms with van der Waals surface area (Å²) >= 11 is 0.